The molecule has 0 atom stereocenters. The van der Waals surface area contributed by atoms with Crippen molar-refractivity contribution < 1.29 is 18.0 Å². The van der Waals surface area contributed by atoms with Gasteiger partial charge in [-0.05, 0) is 30.3 Å². The van der Waals surface area contributed by atoms with Crippen LogP contribution < -0.4 is 5.32 Å². The van der Waals surface area contributed by atoms with E-state index in [0.29, 0.717) is 5.56 Å². The highest BCUT2D eigenvalue weighted by atomic mass is 19.4. The van der Waals surface area contributed by atoms with E-state index >= 15 is 0 Å². The third-order valence-electron chi connectivity index (χ3n) is 3.39. The molecule has 0 aliphatic rings. The van der Waals surface area contributed by atoms with E-state index < -0.39 is 17.2 Å². The monoisotopic (exact) mass is 345 g/mol. The van der Waals surface area contributed by atoms with Crippen molar-refractivity contribution >= 4 is 11.6 Å². The van der Waals surface area contributed by atoms with Gasteiger partial charge in [-0.1, -0.05) is 50.8 Å². The minimum Gasteiger partial charge on any atom is -0.325 e. The fourth-order valence-corrected chi connectivity index (χ4v) is 1.90. The molecule has 0 heterocycles. The van der Waals surface area contributed by atoms with Crippen LogP contribution in [0.1, 0.15) is 37.5 Å². The van der Waals surface area contributed by atoms with Gasteiger partial charge in [-0.15, -0.1) is 0 Å². The zero-order valence-electron chi connectivity index (χ0n) is 14.2. The Bertz CT molecular complexity index is 822. The number of nitrogens with one attached hydrogen (secondary N) is 1. The van der Waals surface area contributed by atoms with Crippen molar-refractivity contribution in [3.63, 3.8) is 0 Å². The summed E-state index contributed by atoms with van der Waals surface area (Å²) in [4.78, 5) is 12.2. The van der Waals surface area contributed by atoms with Crippen LogP contribution in [0.25, 0.3) is 0 Å². The van der Waals surface area contributed by atoms with Gasteiger partial charge in [0.2, 0.25) is 5.91 Å². The SMILES string of the molecule is CC(C)(C)C(=O)Nc1ccc(C(F)(F)F)cc1C#Cc1ccccc1. The fraction of sp³-hybridized carbons (Fsp3) is 0.250. The van der Waals surface area contributed by atoms with Crippen LogP contribution in [0.2, 0.25) is 0 Å². The van der Waals surface area contributed by atoms with Gasteiger partial charge in [-0.3, -0.25) is 4.79 Å². The first-order chi connectivity index (χ1) is 11.6. The average Bonchev–Trinajstić information content (AvgIpc) is 2.53. The van der Waals surface area contributed by atoms with Gasteiger partial charge in [0.25, 0.3) is 0 Å². The zero-order valence-corrected chi connectivity index (χ0v) is 14.2. The van der Waals surface area contributed by atoms with E-state index in [9.17, 15) is 18.0 Å². The molecular formula is C20H18F3NO. The third-order valence-corrected chi connectivity index (χ3v) is 3.39. The summed E-state index contributed by atoms with van der Waals surface area (Å²) in [6.07, 6.45) is -4.48. The van der Waals surface area contributed by atoms with Crippen molar-refractivity contribution in [3.05, 3.63) is 65.2 Å². The molecule has 25 heavy (non-hydrogen) atoms. The Kier molecular flexibility index (Phi) is 5.22. The minimum atomic E-state index is -4.48. The molecule has 0 radical (unpaired) electrons. The first-order valence-electron chi connectivity index (χ1n) is 7.67. The number of carbonyl (C=O) groups is 1. The molecule has 0 aliphatic heterocycles. The maximum atomic E-state index is 13.0. The minimum absolute atomic E-state index is 0.122. The first-order valence-corrected chi connectivity index (χ1v) is 7.67. The molecule has 2 aromatic carbocycles. The zero-order chi connectivity index (χ0) is 18.7. The van der Waals surface area contributed by atoms with Crippen LogP contribution in [0.4, 0.5) is 18.9 Å². The summed E-state index contributed by atoms with van der Waals surface area (Å²) in [7, 11) is 0. The predicted octanol–water partition coefficient (Wildman–Crippen LogP) is 5.09. The lowest BCUT2D eigenvalue weighted by Gasteiger charge is -2.19. The summed E-state index contributed by atoms with van der Waals surface area (Å²) >= 11 is 0. The molecule has 130 valence electrons. The normalized spacial score (nSPS) is 11.4. The Morgan fingerprint density at radius 2 is 1.60 bits per heavy atom. The van der Waals surface area contributed by atoms with Crippen molar-refractivity contribution in [1.29, 1.82) is 0 Å². The van der Waals surface area contributed by atoms with Crippen LogP contribution in [0, 0.1) is 17.3 Å². The summed E-state index contributed by atoms with van der Waals surface area (Å²) in [6, 6.07) is 12.0. The van der Waals surface area contributed by atoms with E-state index in [-0.39, 0.29) is 17.2 Å². The molecule has 0 spiro atoms. The van der Waals surface area contributed by atoms with Crippen molar-refractivity contribution in [2.45, 2.75) is 26.9 Å². The van der Waals surface area contributed by atoms with Crippen LogP contribution in [0.15, 0.2) is 48.5 Å². The van der Waals surface area contributed by atoms with Crippen LogP contribution in [0.5, 0.6) is 0 Å². The maximum Gasteiger partial charge on any atom is 0.416 e. The van der Waals surface area contributed by atoms with Crippen LogP contribution >= 0.6 is 0 Å². The Balaban J connectivity index is 2.46. The van der Waals surface area contributed by atoms with Gasteiger partial charge in [-0.2, -0.15) is 13.2 Å². The van der Waals surface area contributed by atoms with Crippen LogP contribution in [-0.2, 0) is 11.0 Å². The van der Waals surface area contributed by atoms with Gasteiger partial charge < -0.3 is 5.32 Å². The molecule has 0 unspecified atom stereocenters. The molecule has 2 rings (SSSR count). The number of halogens is 3. The summed E-state index contributed by atoms with van der Waals surface area (Å²) in [5.74, 6) is 5.26. The second kappa shape index (κ2) is 7.02. The summed E-state index contributed by atoms with van der Waals surface area (Å²) in [5.41, 5.74) is -0.424. The largest absolute Gasteiger partial charge is 0.416 e. The van der Waals surface area contributed by atoms with Crippen molar-refractivity contribution in [1.82, 2.24) is 0 Å². The highest BCUT2D eigenvalue weighted by Crippen LogP contribution is 2.32. The number of hydrogen-bond donors (Lipinski definition) is 1. The smallest absolute Gasteiger partial charge is 0.325 e. The Morgan fingerprint density at radius 1 is 0.960 bits per heavy atom. The molecule has 1 amide bonds. The summed E-state index contributed by atoms with van der Waals surface area (Å²) in [5, 5.41) is 2.66. The average molecular weight is 345 g/mol. The molecule has 0 bridgehead atoms. The molecule has 0 fully saturated rings. The van der Waals surface area contributed by atoms with E-state index in [1.807, 2.05) is 6.07 Å². The maximum absolute atomic E-state index is 13.0. The van der Waals surface area contributed by atoms with E-state index in [2.05, 4.69) is 17.2 Å². The Morgan fingerprint density at radius 3 is 2.16 bits per heavy atom. The van der Waals surface area contributed by atoms with Gasteiger partial charge >= 0.3 is 6.18 Å². The van der Waals surface area contributed by atoms with Gasteiger partial charge in [0.05, 0.1) is 11.3 Å². The fourth-order valence-electron chi connectivity index (χ4n) is 1.90. The molecule has 0 aliphatic carbocycles. The third kappa shape index (κ3) is 5.12. The number of benzene rings is 2. The molecule has 5 heteroatoms. The number of alkyl halides is 3. The number of carbonyl (C=O) groups excluding carboxylic acids is 1. The first kappa shape index (κ1) is 18.6. The number of rotatable bonds is 1. The molecule has 0 saturated carbocycles. The Labute approximate surface area is 145 Å². The van der Waals surface area contributed by atoms with Gasteiger partial charge in [0, 0.05) is 16.5 Å². The van der Waals surface area contributed by atoms with Crippen molar-refractivity contribution in [3.8, 4) is 11.8 Å². The van der Waals surface area contributed by atoms with E-state index in [0.717, 1.165) is 12.1 Å². The topological polar surface area (TPSA) is 29.1 Å². The summed E-state index contributed by atoms with van der Waals surface area (Å²) < 4.78 is 38.9. The lowest BCUT2D eigenvalue weighted by atomic mass is 9.95. The highest BCUT2D eigenvalue weighted by Gasteiger charge is 2.31. The van der Waals surface area contributed by atoms with E-state index in [4.69, 9.17) is 0 Å². The highest BCUT2D eigenvalue weighted by molar-refractivity contribution is 5.95. The predicted molar refractivity (Wildman–Crippen MR) is 92.0 cm³/mol. The molecule has 0 aromatic heterocycles. The summed E-state index contributed by atoms with van der Waals surface area (Å²) in [6.45, 7) is 5.17. The van der Waals surface area contributed by atoms with Gasteiger partial charge in [0.15, 0.2) is 0 Å². The lowest BCUT2D eigenvalue weighted by Crippen LogP contribution is -2.28. The number of amides is 1. The second-order valence-electron chi connectivity index (χ2n) is 6.58. The Hall–Kier alpha value is -2.74. The second-order valence-corrected chi connectivity index (χ2v) is 6.58. The van der Waals surface area contributed by atoms with Gasteiger partial charge in [-0.25, -0.2) is 0 Å². The van der Waals surface area contributed by atoms with Crippen molar-refractivity contribution in [2.24, 2.45) is 5.41 Å². The standard InChI is InChI=1S/C20H18F3NO/c1-19(2,3)18(25)24-17-12-11-16(20(21,22)23)13-15(17)10-9-14-7-5-4-6-8-14/h4-8,11-13H,1-3H3,(H,24,25). The molecule has 2 aromatic rings. The number of hydrogen-bond acceptors (Lipinski definition) is 1. The van der Waals surface area contributed by atoms with Crippen LogP contribution in [0.3, 0.4) is 0 Å². The lowest BCUT2D eigenvalue weighted by molar-refractivity contribution is -0.137. The van der Waals surface area contributed by atoms with E-state index in [1.54, 1.807) is 45.0 Å². The molecular weight excluding hydrogens is 327 g/mol. The molecule has 2 nitrogen and oxygen atoms in total. The number of anilines is 1. The molecule has 0 saturated heterocycles. The van der Waals surface area contributed by atoms with Crippen molar-refractivity contribution in [2.75, 3.05) is 5.32 Å². The molecule has 1 N–H and O–H groups in total. The van der Waals surface area contributed by atoms with E-state index in [1.165, 1.54) is 6.07 Å². The quantitative estimate of drug-likeness (QED) is 0.717. The van der Waals surface area contributed by atoms with Gasteiger partial charge in [0.1, 0.15) is 0 Å². The van der Waals surface area contributed by atoms with Crippen LogP contribution in [-0.4, -0.2) is 5.91 Å².